The molecule has 0 saturated carbocycles. The number of methoxy groups -OCH3 is 2. The Morgan fingerprint density at radius 2 is 1.96 bits per heavy atom. The molecule has 0 spiro atoms. The predicted molar refractivity (Wildman–Crippen MR) is 82.5 cm³/mol. The fourth-order valence-corrected chi connectivity index (χ4v) is 2.56. The van der Waals surface area contributed by atoms with Crippen molar-refractivity contribution in [1.29, 1.82) is 5.26 Å². The zero-order valence-electron chi connectivity index (χ0n) is 12.6. The summed E-state index contributed by atoms with van der Waals surface area (Å²) in [7, 11) is 2.97. The van der Waals surface area contributed by atoms with Gasteiger partial charge in [-0.25, -0.2) is 4.79 Å². The molecule has 6 heteroatoms. The molecule has 6 nitrogen and oxygen atoms in total. The first-order valence-corrected chi connectivity index (χ1v) is 6.91. The smallest absolute Gasteiger partial charge is 0.344 e. The van der Waals surface area contributed by atoms with Crippen molar-refractivity contribution in [3.05, 3.63) is 53.1 Å². The highest BCUT2D eigenvalue weighted by Crippen LogP contribution is 2.42. The number of hydrogen-bond donors (Lipinski definition) is 1. The molecule has 0 unspecified atom stereocenters. The number of carbonyl (C=O) groups excluding carboxylic acids is 1. The van der Waals surface area contributed by atoms with Crippen LogP contribution in [0.25, 0.3) is 0 Å². The summed E-state index contributed by atoms with van der Waals surface area (Å²) in [6, 6.07) is 12.6. The largest absolute Gasteiger partial charge is 0.493 e. The Kier molecular flexibility index (Phi) is 3.77. The zero-order chi connectivity index (χ0) is 16.4. The van der Waals surface area contributed by atoms with Gasteiger partial charge in [0.2, 0.25) is 6.23 Å². The number of nitrogens with one attached hydrogen (secondary N) is 1. The van der Waals surface area contributed by atoms with E-state index in [0.717, 1.165) is 0 Å². The van der Waals surface area contributed by atoms with E-state index in [1.165, 1.54) is 14.2 Å². The standard InChI is InChI=1S/C17H14N2O4/c1-21-13-8-7-11-14(15(13)22-2)17(20)23-16(11)19-12-6-4-3-5-10(12)9-18/h3-8,16,19H,1-2H3/t16-/m1/s1. The Balaban J connectivity index is 2.01. The number of carbonyl (C=O) groups is 1. The van der Waals surface area contributed by atoms with E-state index in [9.17, 15) is 4.79 Å². The molecule has 0 amide bonds. The lowest BCUT2D eigenvalue weighted by atomic mass is 10.1. The summed E-state index contributed by atoms with van der Waals surface area (Å²) < 4.78 is 15.9. The zero-order valence-corrected chi connectivity index (χ0v) is 12.6. The lowest BCUT2D eigenvalue weighted by Crippen LogP contribution is -2.11. The van der Waals surface area contributed by atoms with Crippen molar-refractivity contribution in [3.8, 4) is 17.6 Å². The van der Waals surface area contributed by atoms with Crippen LogP contribution in [0.4, 0.5) is 5.69 Å². The molecule has 1 aliphatic rings. The fourth-order valence-electron chi connectivity index (χ4n) is 2.56. The second kappa shape index (κ2) is 5.89. The van der Waals surface area contributed by atoms with Gasteiger partial charge in [0.1, 0.15) is 11.6 Å². The van der Waals surface area contributed by atoms with Crippen LogP contribution in [0.5, 0.6) is 11.5 Å². The molecular weight excluding hydrogens is 296 g/mol. The molecule has 0 bridgehead atoms. The van der Waals surface area contributed by atoms with Crippen LogP contribution >= 0.6 is 0 Å². The quantitative estimate of drug-likeness (QED) is 0.875. The van der Waals surface area contributed by atoms with Gasteiger partial charge in [-0.05, 0) is 24.3 Å². The third-order valence-corrected chi connectivity index (χ3v) is 3.62. The van der Waals surface area contributed by atoms with Crippen molar-refractivity contribution in [2.45, 2.75) is 6.23 Å². The highest BCUT2D eigenvalue weighted by Gasteiger charge is 2.36. The molecule has 2 aromatic carbocycles. The van der Waals surface area contributed by atoms with E-state index in [1.807, 2.05) is 0 Å². The summed E-state index contributed by atoms with van der Waals surface area (Å²) in [6.07, 6.45) is -0.688. The Bertz CT molecular complexity index is 811. The number of esters is 1. The highest BCUT2D eigenvalue weighted by molar-refractivity contribution is 5.98. The maximum atomic E-state index is 12.2. The number of rotatable bonds is 4. The second-order valence-electron chi connectivity index (χ2n) is 4.85. The number of nitrogens with zero attached hydrogens (tertiary/aromatic N) is 1. The van der Waals surface area contributed by atoms with Crippen LogP contribution in [0.1, 0.15) is 27.7 Å². The third kappa shape index (κ3) is 2.42. The van der Waals surface area contributed by atoms with Crippen molar-refractivity contribution >= 4 is 11.7 Å². The van der Waals surface area contributed by atoms with Gasteiger partial charge in [-0.1, -0.05) is 12.1 Å². The molecule has 1 N–H and O–H groups in total. The van der Waals surface area contributed by atoms with Crippen molar-refractivity contribution in [2.75, 3.05) is 19.5 Å². The average Bonchev–Trinajstić information content (AvgIpc) is 2.90. The maximum absolute atomic E-state index is 12.2. The van der Waals surface area contributed by atoms with Crippen LogP contribution < -0.4 is 14.8 Å². The molecule has 0 radical (unpaired) electrons. The van der Waals surface area contributed by atoms with Crippen molar-refractivity contribution in [2.24, 2.45) is 0 Å². The summed E-state index contributed by atoms with van der Waals surface area (Å²) in [5.41, 5.74) is 2.03. The molecule has 1 aliphatic heterocycles. The minimum Gasteiger partial charge on any atom is -0.493 e. The number of ether oxygens (including phenoxy) is 3. The first-order valence-electron chi connectivity index (χ1n) is 6.91. The molecule has 0 aromatic heterocycles. The van der Waals surface area contributed by atoms with Crippen molar-refractivity contribution in [3.63, 3.8) is 0 Å². The molecule has 2 aromatic rings. The van der Waals surface area contributed by atoms with Gasteiger partial charge in [-0.2, -0.15) is 5.26 Å². The summed E-state index contributed by atoms with van der Waals surface area (Å²) in [5, 5.41) is 12.2. The van der Waals surface area contributed by atoms with Crippen molar-refractivity contribution in [1.82, 2.24) is 0 Å². The Labute approximate surface area is 133 Å². The summed E-state index contributed by atoms with van der Waals surface area (Å²) in [4.78, 5) is 12.2. The highest BCUT2D eigenvalue weighted by atomic mass is 16.6. The van der Waals surface area contributed by atoms with Gasteiger partial charge in [0, 0.05) is 5.56 Å². The minimum atomic E-state index is -0.688. The molecular formula is C17H14N2O4. The van der Waals surface area contributed by atoms with Crippen LogP contribution in [0.2, 0.25) is 0 Å². The van der Waals surface area contributed by atoms with E-state index < -0.39 is 12.2 Å². The number of hydrogen-bond acceptors (Lipinski definition) is 6. The Hall–Kier alpha value is -3.20. The molecule has 1 heterocycles. The topological polar surface area (TPSA) is 80.6 Å². The van der Waals surface area contributed by atoms with E-state index in [0.29, 0.717) is 33.9 Å². The van der Waals surface area contributed by atoms with Crippen LogP contribution in [0.15, 0.2) is 36.4 Å². The average molecular weight is 310 g/mol. The van der Waals surface area contributed by atoms with Gasteiger partial charge in [0.15, 0.2) is 11.5 Å². The van der Waals surface area contributed by atoms with Gasteiger partial charge < -0.3 is 19.5 Å². The van der Waals surface area contributed by atoms with E-state index in [2.05, 4.69) is 11.4 Å². The number of cyclic esters (lactones) is 1. The van der Waals surface area contributed by atoms with Crippen LogP contribution in [-0.4, -0.2) is 20.2 Å². The summed E-state index contributed by atoms with van der Waals surface area (Å²) in [5.74, 6) is 0.303. The van der Waals surface area contributed by atoms with E-state index in [-0.39, 0.29) is 0 Å². The number of nitriles is 1. The number of para-hydroxylation sites is 1. The van der Waals surface area contributed by atoms with Crippen LogP contribution in [0.3, 0.4) is 0 Å². The summed E-state index contributed by atoms with van der Waals surface area (Å²) >= 11 is 0. The van der Waals surface area contributed by atoms with Crippen LogP contribution in [-0.2, 0) is 4.74 Å². The Morgan fingerprint density at radius 1 is 1.17 bits per heavy atom. The van der Waals surface area contributed by atoms with E-state index in [1.54, 1.807) is 36.4 Å². The van der Waals surface area contributed by atoms with Crippen molar-refractivity contribution < 1.29 is 19.0 Å². The number of benzene rings is 2. The predicted octanol–water partition coefficient (Wildman–Crippen LogP) is 2.86. The van der Waals surface area contributed by atoms with Gasteiger partial charge in [-0.3, -0.25) is 0 Å². The fraction of sp³-hybridized carbons (Fsp3) is 0.176. The summed E-state index contributed by atoms with van der Waals surface area (Å²) in [6.45, 7) is 0. The number of fused-ring (bicyclic) bond motifs is 1. The molecule has 3 rings (SSSR count). The minimum absolute atomic E-state index is 0.332. The SMILES string of the molecule is COc1ccc2c(c1OC)C(=O)O[C@H]2Nc1ccccc1C#N. The maximum Gasteiger partial charge on any atom is 0.344 e. The number of anilines is 1. The van der Waals surface area contributed by atoms with E-state index in [4.69, 9.17) is 19.5 Å². The third-order valence-electron chi connectivity index (χ3n) is 3.62. The van der Waals surface area contributed by atoms with Crippen LogP contribution in [0, 0.1) is 11.3 Å². The second-order valence-corrected chi connectivity index (χ2v) is 4.85. The lowest BCUT2D eigenvalue weighted by Gasteiger charge is -2.15. The molecule has 23 heavy (non-hydrogen) atoms. The molecule has 0 aliphatic carbocycles. The molecule has 116 valence electrons. The van der Waals surface area contributed by atoms with Gasteiger partial charge in [-0.15, -0.1) is 0 Å². The first-order chi connectivity index (χ1) is 11.2. The monoisotopic (exact) mass is 310 g/mol. The first kappa shape index (κ1) is 14.7. The molecule has 1 atom stereocenters. The van der Waals surface area contributed by atoms with Gasteiger partial charge in [0.05, 0.1) is 25.5 Å². The normalized spacial score (nSPS) is 15.3. The van der Waals surface area contributed by atoms with E-state index >= 15 is 0 Å². The molecule has 0 fully saturated rings. The van der Waals surface area contributed by atoms with Gasteiger partial charge in [0.25, 0.3) is 0 Å². The van der Waals surface area contributed by atoms with Gasteiger partial charge >= 0.3 is 5.97 Å². The lowest BCUT2D eigenvalue weighted by molar-refractivity contribution is 0.0435. The molecule has 0 saturated heterocycles. The Morgan fingerprint density at radius 3 is 2.65 bits per heavy atom.